The van der Waals surface area contributed by atoms with E-state index in [0.29, 0.717) is 19.6 Å². The lowest BCUT2D eigenvalue weighted by atomic mass is 9.74. The Labute approximate surface area is 294 Å². The van der Waals surface area contributed by atoms with Crippen molar-refractivity contribution >= 4 is 50.1 Å². The number of halogens is 1. The predicted molar refractivity (Wildman–Crippen MR) is 196 cm³/mol. The number of rotatable bonds is 11. The minimum Gasteiger partial charge on any atom is -0.399 e. The molecule has 6 nitrogen and oxygen atoms in total. The standard InChI is InChI=1S/C40H48BBrO6/c1-39(2)40(3,27-31-19-20-34(42)38-30(13-9-15-32(31)38)22-26-46-36-18-5-7-24-44-36)48-41(47-39)33-16-10-14-28-11-8-12-29(37(28)33)21-25-45-35-17-4-6-23-43-35/h8-16,19-20,35-36H,4-7,17-18,21-27H2,1-3H3. The Morgan fingerprint density at radius 1 is 0.708 bits per heavy atom. The first kappa shape index (κ1) is 34.2. The summed E-state index contributed by atoms with van der Waals surface area (Å²) in [5.74, 6) is 0. The van der Waals surface area contributed by atoms with Crippen LogP contribution in [0.2, 0.25) is 0 Å². The van der Waals surface area contributed by atoms with Crippen molar-refractivity contribution in [3.05, 3.63) is 87.9 Å². The third-order valence-electron chi connectivity index (χ3n) is 10.6. The maximum atomic E-state index is 7.04. The van der Waals surface area contributed by atoms with E-state index in [9.17, 15) is 0 Å². The van der Waals surface area contributed by atoms with E-state index in [1.54, 1.807) is 0 Å². The van der Waals surface area contributed by atoms with Crippen molar-refractivity contribution in [3.8, 4) is 0 Å². The van der Waals surface area contributed by atoms with Gasteiger partial charge in [0.1, 0.15) is 0 Å². The van der Waals surface area contributed by atoms with Gasteiger partial charge in [-0.05, 0) is 122 Å². The molecule has 3 aliphatic rings. The van der Waals surface area contributed by atoms with Crippen molar-refractivity contribution in [2.24, 2.45) is 0 Å². The second-order valence-corrected chi connectivity index (χ2v) is 15.1. The van der Waals surface area contributed by atoms with Gasteiger partial charge < -0.3 is 28.3 Å². The lowest BCUT2D eigenvalue weighted by Gasteiger charge is -2.37. The Hall–Kier alpha value is -2.30. The Morgan fingerprint density at radius 3 is 1.98 bits per heavy atom. The van der Waals surface area contributed by atoms with E-state index in [-0.39, 0.29) is 12.6 Å². The molecule has 8 heteroatoms. The minimum absolute atomic E-state index is 0.0790. The summed E-state index contributed by atoms with van der Waals surface area (Å²) in [5, 5.41) is 4.84. The van der Waals surface area contributed by atoms with E-state index in [4.69, 9.17) is 28.3 Å². The van der Waals surface area contributed by atoms with Crippen LogP contribution in [-0.4, -0.2) is 57.3 Å². The molecule has 3 aliphatic heterocycles. The Morgan fingerprint density at radius 2 is 1.33 bits per heavy atom. The molecule has 0 saturated carbocycles. The zero-order valence-corrected chi connectivity index (χ0v) is 30.2. The molecule has 3 atom stereocenters. The molecule has 48 heavy (non-hydrogen) atoms. The van der Waals surface area contributed by atoms with E-state index in [0.717, 1.165) is 68.1 Å². The molecule has 3 saturated heterocycles. The van der Waals surface area contributed by atoms with Gasteiger partial charge in [0, 0.05) is 24.1 Å². The number of ether oxygens (including phenoxy) is 4. The highest BCUT2D eigenvalue weighted by Crippen LogP contribution is 2.42. The van der Waals surface area contributed by atoms with Crippen LogP contribution in [0.15, 0.2) is 71.2 Å². The molecule has 4 aromatic rings. The average molecular weight is 716 g/mol. The second-order valence-electron chi connectivity index (χ2n) is 14.2. The summed E-state index contributed by atoms with van der Waals surface area (Å²) in [6.07, 6.45) is 8.69. The number of hydrogen-bond donors (Lipinski definition) is 0. The van der Waals surface area contributed by atoms with Crippen molar-refractivity contribution in [3.63, 3.8) is 0 Å². The monoisotopic (exact) mass is 714 g/mol. The van der Waals surface area contributed by atoms with E-state index >= 15 is 0 Å². The maximum Gasteiger partial charge on any atom is 0.495 e. The molecule has 4 aromatic carbocycles. The van der Waals surface area contributed by atoms with Gasteiger partial charge >= 0.3 is 7.12 Å². The minimum atomic E-state index is -0.575. The molecule has 0 spiro atoms. The molecular weight excluding hydrogens is 667 g/mol. The van der Waals surface area contributed by atoms with Crippen LogP contribution in [0.3, 0.4) is 0 Å². The third-order valence-corrected chi connectivity index (χ3v) is 11.3. The topological polar surface area (TPSA) is 55.4 Å². The highest BCUT2D eigenvalue weighted by molar-refractivity contribution is 9.10. The number of benzene rings is 4. The van der Waals surface area contributed by atoms with Gasteiger partial charge in [-0.1, -0.05) is 76.6 Å². The van der Waals surface area contributed by atoms with E-state index in [2.05, 4.69) is 103 Å². The molecule has 0 bridgehead atoms. The Kier molecular flexibility index (Phi) is 10.6. The first-order chi connectivity index (χ1) is 23.3. The van der Waals surface area contributed by atoms with Crippen molar-refractivity contribution in [1.29, 1.82) is 0 Å². The molecule has 0 amide bonds. The summed E-state index contributed by atoms with van der Waals surface area (Å²) < 4.78 is 38.8. The summed E-state index contributed by atoms with van der Waals surface area (Å²) in [5.41, 5.74) is 3.70. The molecular formula is C40H48BBrO6. The van der Waals surface area contributed by atoms with Gasteiger partial charge in [-0.25, -0.2) is 0 Å². The van der Waals surface area contributed by atoms with Crippen molar-refractivity contribution in [2.45, 2.75) is 102 Å². The molecule has 7 rings (SSSR count). The van der Waals surface area contributed by atoms with Crippen LogP contribution in [-0.2, 0) is 47.5 Å². The maximum absolute atomic E-state index is 7.04. The molecule has 3 heterocycles. The van der Waals surface area contributed by atoms with Gasteiger partial charge in [0.25, 0.3) is 0 Å². The first-order valence-corrected chi connectivity index (χ1v) is 18.6. The van der Waals surface area contributed by atoms with Crippen LogP contribution in [0.4, 0.5) is 0 Å². The molecule has 3 fully saturated rings. The molecule has 3 unspecified atom stereocenters. The molecule has 0 radical (unpaired) electrons. The normalized spacial score (nSPS) is 24.5. The first-order valence-electron chi connectivity index (χ1n) is 17.8. The number of fused-ring (bicyclic) bond motifs is 2. The molecule has 0 aliphatic carbocycles. The van der Waals surface area contributed by atoms with Crippen LogP contribution in [0.25, 0.3) is 21.5 Å². The SMILES string of the molecule is CC1(C)OB(c2cccc3cccc(CCOC4CCCCO4)c23)OC1(C)Cc1ccc(Br)c2c(CCOC3CCCCO3)cccc12. The summed E-state index contributed by atoms with van der Waals surface area (Å²) in [4.78, 5) is 0. The van der Waals surface area contributed by atoms with Crippen molar-refractivity contribution < 1.29 is 28.3 Å². The largest absolute Gasteiger partial charge is 0.495 e. The van der Waals surface area contributed by atoms with Crippen molar-refractivity contribution in [2.75, 3.05) is 26.4 Å². The fourth-order valence-electron chi connectivity index (χ4n) is 7.54. The zero-order chi connectivity index (χ0) is 33.1. The number of hydrogen-bond acceptors (Lipinski definition) is 6. The van der Waals surface area contributed by atoms with Gasteiger partial charge in [-0.15, -0.1) is 0 Å². The van der Waals surface area contributed by atoms with Crippen molar-refractivity contribution in [1.82, 2.24) is 0 Å². The van der Waals surface area contributed by atoms with Crippen LogP contribution < -0.4 is 5.46 Å². The van der Waals surface area contributed by atoms with Gasteiger partial charge in [-0.3, -0.25) is 0 Å². The predicted octanol–water partition coefficient (Wildman–Crippen LogP) is 8.45. The van der Waals surface area contributed by atoms with Gasteiger partial charge in [0.2, 0.25) is 0 Å². The average Bonchev–Trinajstić information content (AvgIpc) is 3.34. The zero-order valence-electron chi connectivity index (χ0n) is 28.6. The van der Waals surface area contributed by atoms with Gasteiger partial charge in [0.05, 0.1) is 24.4 Å². The smallest absolute Gasteiger partial charge is 0.399 e. The van der Waals surface area contributed by atoms with Crippen LogP contribution in [0.1, 0.15) is 76.0 Å². The Bertz CT molecular complexity index is 1710. The fraction of sp³-hybridized carbons (Fsp3) is 0.500. The quantitative estimate of drug-likeness (QED) is 0.145. The lowest BCUT2D eigenvalue weighted by Crippen LogP contribution is -2.46. The molecule has 0 N–H and O–H groups in total. The van der Waals surface area contributed by atoms with E-state index in [1.807, 2.05) is 0 Å². The lowest BCUT2D eigenvalue weighted by molar-refractivity contribution is -0.161. The summed E-state index contributed by atoms with van der Waals surface area (Å²) in [6, 6.07) is 23.9. The highest BCUT2D eigenvalue weighted by Gasteiger charge is 2.55. The summed E-state index contributed by atoms with van der Waals surface area (Å²) in [7, 11) is -0.492. The highest BCUT2D eigenvalue weighted by atomic mass is 79.9. The van der Waals surface area contributed by atoms with E-state index < -0.39 is 18.3 Å². The molecule has 0 aromatic heterocycles. The van der Waals surface area contributed by atoms with Crippen LogP contribution >= 0.6 is 15.9 Å². The van der Waals surface area contributed by atoms with Gasteiger partial charge in [-0.2, -0.15) is 0 Å². The van der Waals surface area contributed by atoms with Gasteiger partial charge in [0.15, 0.2) is 12.6 Å². The van der Waals surface area contributed by atoms with E-state index in [1.165, 1.54) is 44.7 Å². The second kappa shape index (κ2) is 14.9. The fourth-order valence-corrected chi connectivity index (χ4v) is 8.14. The third kappa shape index (κ3) is 7.27. The summed E-state index contributed by atoms with van der Waals surface area (Å²) >= 11 is 3.87. The Balaban J connectivity index is 1.12. The molecule has 254 valence electrons. The summed E-state index contributed by atoms with van der Waals surface area (Å²) in [6.45, 7) is 9.36. The van der Waals surface area contributed by atoms with Crippen LogP contribution in [0.5, 0.6) is 0 Å². The van der Waals surface area contributed by atoms with Crippen LogP contribution in [0, 0.1) is 0 Å².